The Balaban J connectivity index is 1.22. The molecule has 0 radical (unpaired) electrons. The van der Waals surface area contributed by atoms with Crippen LogP contribution in [0.1, 0.15) is 10.9 Å². The van der Waals surface area contributed by atoms with Crippen molar-refractivity contribution in [3.8, 4) is 45.3 Å². The van der Waals surface area contributed by atoms with Crippen LogP contribution in [-0.2, 0) is 0 Å². The Morgan fingerprint density at radius 2 is 0.953 bits per heavy atom. The van der Waals surface area contributed by atoms with Gasteiger partial charge in [0.15, 0.2) is 17.5 Å². The standard InChI is InChI=1S/C38H26N4S/c1-4-10-25(11-5-1)26-16-19-29(20-17-26)36-40-35(28-12-6-2-7-13-28)41-37(42-36)31-21-18-27-22-23-33-34(32(27)24-31)43-38(39-33)30-14-8-3-9-15-30/h1-24,38-39H. The number of thioether (sulfide) groups is 1. The first-order valence-corrected chi connectivity index (χ1v) is 15.2. The van der Waals surface area contributed by atoms with Crippen molar-refractivity contribution in [2.45, 2.75) is 10.3 Å². The largest absolute Gasteiger partial charge is 0.368 e. The Hall–Kier alpha value is -5.26. The number of hydrogen-bond acceptors (Lipinski definition) is 5. The van der Waals surface area contributed by atoms with E-state index in [4.69, 9.17) is 15.0 Å². The highest BCUT2D eigenvalue weighted by Gasteiger charge is 2.25. The van der Waals surface area contributed by atoms with Gasteiger partial charge in [-0.25, -0.2) is 15.0 Å². The average molecular weight is 571 g/mol. The lowest BCUT2D eigenvalue weighted by Crippen LogP contribution is -2.00. The molecule has 7 aromatic rings. The van der Waals surface area contributed by atoms with Crippen molar-refractivity contribution < 1.29 is 0 Å². The van der Waals surface area contributed by atoms with Crippen LogP contribution >= 0.6 is 11.8 Å². The van der Waals surface area contributed by atoms with Gasteiger partial charge in [0, 0.05) is 27.3 Å². The fourth-order valence-electron chi connectivity index (χ4n) is 5.53. The van der Waals surface area contributed by atoms with Gasteiger partial charge in [0.05, 0.1) is 0 Å². The Labute approximate surface area is 254 Å². The van der Waals surface area contributed by atoms with Gasteiger partial charge in [-0.15, -0.1) is 0 Å². The Morgan fingerprint density at radius 3 is 1.63 bits per heavy atom. The molecule has 1 aliphatic rings. The van der Waals surface area contributed by atoms with Crippen LogP contribution in [0, 0.1) is 0 Å². The summed E-state index contributed by atoms with van der Waals surface area (Å²) in [6.45, 7) is 0. The van der Waals surface area contributed by atoms with E-state index in [-0.39, 0.29) is 5.37 Å². The van der Waals surface area contributed by atoms with Gasteiger partial charge < -0.3 is 5.32 Å². The molecule has 0 saturated heterocycles. The van der Waals surface area contributed by atoms with E-state index in [0.717, 1.165) is 27.9 Å². The third kappa shape index (κ3) is 4.94. The van der Waals surface area contributed by atoms with Gasteiger partial charge in [-0.3, -0.25) is 0 Å². The van der Waals surface area contributed by atoms with Crippen molar-refractivity contribution in [2.75, 3.05) is 5.32 Å². The van der Waals surface area contributed by atoms with Crippen LogP contribution in [-0.4, -0.2) is 15.0 Å². The molecule has 1 N–H and O–H groups in total. The number of nitrogens with zero attached hydrogens (tertiary/aromatic N) is 3. The number of nitrogens with one attached hydrogen (secondary N) is 1. The molecule has 0 saturated carbocycles. The van der Waals surface area contributed by atoms with Gasteiger partial charge in [-0.2, -0.15) is 0 Å². The van der Waals surface area contributed by atoms with Crippen molar-refractivity contribution in [3.63, 3.8) is 0 Å². The monoisotopic (exact) mass is 570 g/mol. The maximum atomic E-state index is 5.02. The van der Waals surface area contributed by atoms with E-state index >= 15 is 0 Å². The van der Waals surface area contributed by atoms with Gasteiger partial charge in [-0.1, -0.05) is 145 Å². The third-order valence-corrected chi connectivity index (χ3v) is 9.07. The summed E-state index contributed by atoms with van der Waals surface area (Å²) in [6.07, 6.45) is 0. The lowest BCUT2D eigenvalue weighted by Gasteiger charge is -2.10. The number of fused-ring (bicyclic) bond motifs is 3. The number of rotatable bonds is 5. The molecule has 43 heavy (non-hydrogen) atoms. The van der Waals surface area contributed by atoms with Gasteiger partial charge in [0.2, 0.25) is 0 Å². The molecule has 0 aliphatic carbocycles. The SMILES string of the molecule is c1ccc(-c2ccc(-c3nc(-c4ccccc4)nc(-c4ccc5ccc6c(c5c4)SC(c4ccccc4)N6)n3)cc2)cc1. The fraction of sp³-hybridized carbons (Fsp3) is 0.0263. The Bertz CT molecular complexity index is 2060. The maximum Gasteiger partial charge on any atom is 0.164 e. The van der Waals surface area contributed by atoms with Crippen LogP contribution in [0.25, 0.3) is 56.1 Å². The molecule has 0 fully saturated rings. The molecular weight excluding hydrogens is 545 g/mol. The van der Waals surface area contributed by atoms with Crippen molar-refractivity contribution in [2.24, 2.45) is 0 Å². The number of hydrogen-bond donors (Lipinski definition) is 1. The van der Waals surface area contributed by atoms with E-state index in [1.807, 2.05) is 48.2 Å². The van der Waals surface area contributed by atoms with E-state index < -0.39 is 0 Å². The Morgan fingerprint density at radius 1 is 0.465 bits per heavy atom. The first-order chi connectivity index (χ1) is 21.3. The van der Waals surface area contributed by atoms with Gasteiger partial charge in [0.1, 0.15) is 5.37 Å². The zero-order valence-corrected chi connectivity index (χ0v) is 24.0. The van der Waals surface area contributed by atoms with Crippen LogP contribution in [0.2, 0.25) is 0 Å². The second-order valence-electron chi connectivity index (χ2n) is 10.5. The molecule has 1 unspecified atom stereocenters. The predicted molar refractivity (Wildman–Crippen MR) is 178 cm³/mol. The molecule has 8 rings (SSSR count). The first kappa shape index (κ1) is 25.5. The van der Waals surface area contributed by atoms with Gasteiger partial charge in [0.25, 0.3) is 0 Å². The average Bonchev–Trinajstić information content (AvgIpc) is 3.54. The minimum absolute atomic E-state index is 0.178. The normalized spacial score (nSPS) is 13.9. The van der Waals surface area contributed by atoms with Crippen molar-refractivity contribution >= 4 is 28.2 Å². The summed E-state index contributed by atoms with van der Waals surface area (Å²) in [7, 11) is 0. The van der Waals surface area contributed by atoms with Crippen LogP contribution in [0.15, 0.2) is 150 Å². The number of benzene rings is 6. The molecule has 0 spiro atoms. The summed E-state index contributed by atoms with van der Waals surface area (Å²) in [4.78, 5) is 16.2. The number of aromatic nitrogens is 3. The number of anilines is 1. The second kappa shape index (κ2) is 10.9. The quantitative estimate of drug-likeness (QED) is 0.223. The molecule has 0 amide bonds. The third-order valence-electron chi connectivity index (χ3n) is 7.77. The van der Waals surface area contributed by atoms with Crippen LogP contribution in [0.4, 0.5) is 5.69 Å². The van der Waals surface area contributed by atoms with Crippen LogP contribution in [0.5, 0.6) is 0 Å². The van der Waals surface area contributed by atoms with E-state index in [0.29, 0.717) is 17.5 Å². The molecule has 2 heterocycles. The lowest BCUT2D eigenvalue weighted by molar-refractivity contribution is 1.07. The van der Waals surface area contributed by atoms with E-state index in [2.05, 4.69) is 115 Å². The topological polar surface area (TPSA) is 50.7 Å². The smallest absolute Gasteiger partial charge is 0.164 e. The van der Waals surface area contributed by atoms with E-state index in [1.165, 1.54) is 26.8 Å². The molecule has 204 valence electrons. The van der Waals surface area contributed by atoms with E-state index in [9.17, 15) is 0 Å². The predicted octanol–water partition coefficient (Wildman–Crippen LogP) is 9.91. The first-order valence-electron chi connectivity index (χ1n) is 14.3. The van der Waals surface area contributed by atoms with Gasteiger partial charge in [-0.05, 0) is 39.6 Å². The zero-order chi connectivity index (χ0) is 28.6. The van der Waals surface area contributed by atoms with Crippen molar-refractivity contribution in [3.05, 3.63) is 151 Å². The van der Waals surface area contributed by atoms with E-state index in [1.54, 1.807) is 0 Å². The highest BCUT2D eigenvalue weighted by molar-refractivity contribution is 8.00. The van der Waals surface area contributed by atoms with Crippen molar-refractivity contribution in [1.82, 2.24) is 15.0 Å². The lowest BCUT2D eigenvalue weighted by atomic mass is 10.0. The Kier molecular flexibility index (Phi) is 6.43. The summed E-state index contributed by atoms with van der Waals surface area (Å²) >= 11 is 1.86. The summed E-state index contributed by atoms with van der Waals surface area (Å²) in [5, 5.41) is 6.27. The molecule has 6 aromatic carbocycles. The summed E-state index contributed by atoms with van der Waals surface area (Å²) < 4.78 is 0. The minimum atomic E-state index is 0.178. The molecule has 1 aliphatic heterocycles. The molecule has 4 nitrogen and oxygen atoms in total. The van der Waals surface area contributed by atoms with Crippen molar-refractivity contribution in [1.29, 1.82) is 0 Å². The van der Waals surface area contributed by atoms with Gasteiger partial charge >= 0.3 is 0 Å². The molecular formula is C38H26N4S. The molecule has 0 bridgehead atoms. The fourth-order valence-corrected chi connectivity index (χ4v) is 6.80. The summed E-state index contributed by atoms with van der Waals surface area (Å²) in [6, 6.07) is 50.4. The molecule has 1 atom stereocenters. The molecule has 1 aromatic heterocycles. The highest BCUT2D eigenvalue weighted by Crippen LogP contribution is 2.50. The summed E-state index contributed by atoms with van der Waals surface area (Å²) in [5.74, 6) is 1.97. The van der Waals surface area contributed by atoms with Crippen LogP contribution < -0.4 is 5.32 Å². The highest BCUT2D eigenvalue weighted by atomic mass is 32.2. The minimum Gasteiger partial charge on any atom is -0.368 e. The summed E-state index contributed by atoms with van der Waals surface area (Å²) in [5.41, 5.74) is 7.63. The van der Waals surface area contributed by atoms with Crippen LogP contribution in [0.3, 0.4) is 0 Å². The maximum absolute atomic E-state index is 5.02. The zero-order valence-electron chi connectivity index (χ0n) is 23.2. The molecule has 5 heteroatoms. The second-order valence-corrected chi connectivity index (χ2v) is 11.7.